The van der Waals surface area contributed by atoms with Crippen LogP contribution in [0.5, 0.6) is 5.75 Å². The van der Waals surface area contributed by atoms with Crippen molar-refractivity contribution < 1.29 is 13.9 Å². The molecule has 0 unspecified atom stereocenters. The summed E-state index contributed by atoms with van der Waals surface area (Å²) in [7, 11) is 0. The van der Waals surface area contributed by atoms with Crippen molar-refractivity contribution in [2.75, 3.05) is 6.54 Å². The molecule has 82 valence electrons. The first-order valence-corrected chi connectivity index (χ1v) is 4.85. The van der Waals surface area contributed by atoms with Gasteiger partial charge in [-0.15, -0.1) is 0 Å². The third-order valence-electron chi connectivity index (χ3n) is 3.04. The maximum Gasteiger partial charge on any atom is 0.250 e. The predicted molar refractivity (Wildman–Crippen MR) is 53.0 cm³/mol. The zero-order valence-corrected chi connectivity index (χ0v) is 8.21. The Morgan fingerprint density at radius 1 is 1.33 bits per heavy atom. The standard InChI is InChI=1S/C11H13F2NO/c12-11(13)5-10(6-11,7-14)8-2-1-3-9(15)4-8/h1-4,15H,5-7,14H2. The number of hydrogen-bond acceptors (Lipinski definition) is 2. The minimum atomic E-state index is -2.61. The molecular weight excluding hydrogens is 200 g/mol. The lowest BCUT2D eigenvalue weighted by Crippen LogP contribution is -2.53. The van der Waals surface area contributed by atoms with Gasteiger partial charge in [0, 0.05) is 24.8 Å². The van der Waals surface area contributed by atoms with E-state index in [1.54, 1.807) is 12.1 Å². The molecule has 2 nitrogen and oxygen atoms in total. The molecule has 2 rings (SSSR count). The Hall–Kier alpha value is -1.16. The van der Waals surface area contributed by atoms with E-state index in [0.717, 1.165) is 0 Å². The van der Waals surface area contributed by atoms with Crippen molar-refractivity contribution in [2.45, 2.75) is 24.2 Å². The number of phenols is 1. The molecule has 0 aliphatic heterocycles. The Bertz CT molecular complexity index is 371. The molecule has 0 atom stereocenters. The van der Waals surface area contributed by atoms with Gasteiger partial charge in [-0.25, -0.2) is 8.78 Å². The average Bonchev–Trinajstić information content (AvgIpc) is 2.13. The molecule has 0 radical (unpaired) electrons. The van der Waals surface area contributed by atoms with E-state index >= 15 is 0 Å². The van der Waals surface area contributed by atoms with Gasteiger partial charge in [-0.2, -0.15) is 0 Å². The van der Waals surface area contributed by atoms with Crippen LogP contribution in [0.25, 0.3) is 0 Å². The van der Waals surface area contributed by atoms with Crippen LogP contribution in [0.3, 0.4) is 0 Å². The third kappa shape index (κ3) is 1.69. The van der Waals surface area contributed by atoms with Crippen molar-refractivity contribution in [3.05, 3.63) is 29.8 Å². The van der Waals surface area contributed by atoms with Gasteiger partial charge in [0.2, 0.25) is 5.92 Å². The second-order valence-corrected chi connectivity index (χ2v) is 4.24. The molecule has 1 aromatic rings. The van der Waals surface area contributed by atoms with Gasteiger partial charge in [0.25, 0.3) is 0 Å². The second kappa shape index (κ2) is 3.17. The van der Waals surface area contributed by atoms with Crippen molar-refractivity contribution in [3.8, 4) is 5.75 Å². The number of alkyl halides is 2. The lowest BCUT2D eigenvalue weighted by Gasteiger charge is -2.47. The molecule has 0 bridgehead atoms. The molecule has 3 N–H and O–H groups in total. The predicted octanol–water partition coefficient (Wildman–Crippen LogP) is 2.02. The van der Waals surface area contributed by atoms with Crippen LogP contribution in [0, 0.1) is 0 Å². The molecule has 1 aliphatic rings. The van der Waals surface area contributed by atoms with Crippen LogP contribution in [0.4, 0.5) is 8.78 Å². The summed E-state index contributed by atoms with van der Waals surface area (Å²) in [6, 6.07) is 6.42. The number of benzene rings is 1. The SMILES string of the molecule is NCC1(c2cccc(O)c2)CC(F)(F)C1. The average molecular weight is 213 g/mol. The van der Waals surface area contributed by atoms with E-state index < -0.39 is 11.3 Å². The van der Waals surface area contributed by atoms with Crippen molar-refractivity contribution in [1.29, 1.82) is 0 Å². The Morgan fingerprint density at radius 2 is 2.00 bits per heavy atom. The molecule has 15 heavy (non-hydrogen) atoms. The maximum atomic E-state index is 12.9. The first-order valence-electron chi connectivity index (χ1n) is 4.85. The smallest absolute Gasteiger partial charge is 0.250 e. The molecular formula is C11H13F2NO. The number of nitrogens with two attached hydrogens (primary N) is 1. The van der Waals surface area contributed by atoms with Crippen LogP contribution < -0.4 is 5.73 Å². The molecule has 0 heterocycles. The fraction of sp³-hybridized carbons (Fsp3) is 0.455. The summed E-state index contributed by atoms with van der Waals surface area (Å²) in [5.41, 5.74) is 5.61. The Labute approximate surface area is 86.7 Å². The van der Waals surface area contributed by atoms with Gasteiger partial charge in [-0.05, 0) is 17.7 Å². The number of rotatable bonds is 2. The summed E-state index contributed by atoms with van der Waals surface area (Å²) in [6.07, 6.45) is -0.445. The summed E-state index contributed by atoms with van der Waals surface area (Å²) in [5.74, 6) is -2.51. The largest absolute Gasteiger partial charge is 0.508 e. The van der Waals surface area contributed by atoms with Crippen LogP contribution in [0.1, 0.15) is 18.4 Å². The third-order valence-corrected chi connectivity index (χ3v) is 3.04. The highest BCUT2D eigenvalue weighted by molar-refractivity contribution is 5.36. The van der Waals surface area contributed by atoms with E-state index in [2.05, 4.69) is 0 Å². The fourth-order valence-electron chi connectivity index (χ4n) is 2.24. The molecule has 1 fully saturated rings. The number of halogens is 2. The van der Waals surface area contributed by atoms with Gasteiger partial charge in [-0.1, -0.05) is 12.1 Å². The van der Waals surface area contributed by atoms with Gasteiger partial charge in [0.05, 0.1) is 0 Å². The minimum Gasteiger partial charge on any atom is -0.508 e. The van der Waals surface area contributed by atoms with Crippen LogP contribution >= 0.6 is 0 Å². The molecule has 0 amide bonds. The van der Waals surface area contributed by atoms with Gasteiger partial charge >= 0.3 is 0 Å². The van der Waals surface area contributed by atoms with Gasteiger partial charge in [0.15, 0.2) is 0 Å². The molecule has 1 aliphatic carbocycles. The Kier molecular flexibility index (Phi) is 2.19. The minimum absolute atomic E-state index is 0.0931. The van der Waals surface area contributed by atoms with E-state index in [1.165, 1.54) is 12.1 Å². The highest BCUT2D eigenvalue weighted by Crippen LogP contribution is 2.53. The number of aromatic hydroxyl groups is 1. The van der Waals surface area contributed by atoms with E-state index in [0.29, 0.717) is 5.56 Å². The van der Waals surface area contributed by atoms with Gasteiger partial charge < -0.3 is 10.8 Å². The maximum absolute atomic E-state index is 12.9. The van der Waals surface area contributed by atoms with Crippen LogP contribution in [-0.2, 0) is 5.41 Å². The molecule has 4 heteroatoms. The number of phenolic OH excluding ortho intramolecular Hbond substituents is 1. The number of hydrogen-bond donors (Lipinski definition) is 2. The van der Waals surface area contributed by atoms with E-state index in [-0.39, 0.29) is 25.1 Å². The molecule has 1 aromatic carbocycles. The Morgan fingerprint density at radius 3 is 2.47 bits per heavy atom. The van der Waals surface area contributed by atoms with Gasteiger partial charge in [-0.3, -0.25) is 0 Å². The Balaban J connectivity index is 2.29. The fourth-order valence-corrected chi connectivity index (χ4v) is 2.24. The zero-order chi connectivity index (χ0) is 11.1. The lowest BCUT2D eigenvalue weighted by atomic mass is 9.62. The van der Waals surface area contributed by atoms with Gasteiger partial charge in [0.1, 0.15) is 5.75 Å². The summed E-state index contributed by atoms with van der Waals surface area (Å²) < 4.78 is 25.8. The van der Waals surface area contributed by atoms with Crippen molar-refractivity contribution >= 4 is 0 Å². The molecule has 0 aromatic heterocycles. The molecule has 0 saturated heterocycles. The zero-order valence-electron chi connectivity index (χ0n) is 8.21. The van der Waals surface area contributed by atoms with Crippen LogP contribution in [0.15, 0.2) is 24.3 Å². The van der Waals surface area contributed by atoms with E-state index in [1.807, 2.05) is 0 Å². The summed E-state index contributed by atoms with van der Waals surface area (Å²) in [5, 5.41) is 9.29. The summed E-state index contributed by atoms with van der Waals surface area (Å²) in [4.78, 5) is 0. The van der Waals surface area contributed by atoms with Crippen molar-refractivity contribution in [3.63, 3.8) is 0 Å². The van der Waals surface area contributed by atoms with E-state index in [4.69, 9.17) is 5.73 Å². The highest BCUT2D eigenvalue weighted by atomic mass is 19.3. The first kappa shape index (κ1) is 10.4. The van der Waals surface area contributed by atoms with Crippen molar-refractivity contribution in [2.24, 2.45) is 5.73 Å². The topological polar surface area (TPSA) is 46.2 Å². The van der Waals surface area contributed by atoms with Crippen LogP contribution in [0.2, 0.25) is 0 Å². The monoisotopic (exact) mass is 213 g/mol. The van der Waals surface area contributed by atoms with Crippen LogP contribution in [-0.4, -0.2) is 17.6 Å². The van der Waals surface area contributed by atoms with E-state index in [9.17, 15) is 13.9 Å². The normalized spacial score (nSPS) is 22.1. The molecule has 0 spiro atoms. The second-order valence-electron chi connectivity index (χ2n) is 4.24. The molecule has 1 saturated carbocycles. The lowest BCUT2D eigenvalue weighted by molar-refractivity contribution is -0.123. The highest BCUT2D eigenvalue weighted by Gasteiger charge is 2.56. The summed E-state index contributed by atoms with van der Waals surface area (Å²) in [6.45, 7) is 0.187. The quantitative estimate of drug-likeness (QED) is 0.789. The first-order chi connectivity index (χ1) is 6.97. The van der Waals surface area contributed by atoms with Crippen molar-refractivity contribution in [1.82, 2.24) is 0 Å². The summed E-state index contributed by atoms with van der Waals surface area (Å²) >= 11 is 0.